The smallest absolute Gasteiger partial charge is 0.280 e. The summed E-state index contributed by atoms with van der Waals surface area (Å²) in [5.74, 6) is -0.105. The molecule has 0 saturated carbocycles. The van der Waals surface area contributed by atoms with E-state index in [4.69, 9.17) is 18.0 Å². The quantitative estimate of drug-likeness (QED) is 0.737. The van der Waals surface area contributed by atoms with Crippen molar-refractivity contribution < 1.29 is 0 Å². The lowest BCUT2D eigenvalue weighted by Gasteiger charge is -2.09. The van der Waals surface area contributed by atoms with Crippen molar-refractivity contribution in [1.29, 1.82) is 0 Å². The van der Waals surface area contributed by atoms with Crippen molar-refractivity contribution in [3.05, 3.63) is 16.6 Å². The minimum Gasteiger partial charge on any atom is -0.393 e. The highest BCUT2D eigenvalue weighted by Crippen LogP contribution is 2.03. The van der Waals surface area contributed by atoms with E-state index < -0.39 is 0 Å². The molecule has 0 aromatic carbocycles. The van der Waals surface area contributed by atoms with Crippen molar-refractivity contribution in [2.45, 2.75) is 13.5 Å². The average molecular weight is 252 g/mol. The van der Waals surface area contributed by atoms with E-state index in [9.17, 15) is 4.79 Å². The normalized spacial score (nSPS) is 12.8. The van der Waals surface area contributed by atoms with Gasteiger partial charge >= 0.3 is 0 Å². The number of aromatic nitrogens is 5. The Labute approximate surface area is 102 Å². The molecule has 0 spiro atoms. The third-order valence-corrected chi connectivity index (χ3v) is 2.95. The summed E-state index contributed by atoms with van der Waals surface area (Å²) in [6.45, 7) is 2.16. The Morgan fingerprint density at radius 1 is 1.65 bits per heavy atom. The summed E-state index contributed by atoms with van der Waals surface area (Å²) in [5.41, 5.74) is 5.74. The zero-order valence-corrected chi connectivity index (χ0v) is 10.3. The summed E-state index contributed by atoms with van der Waals surface area (Å²) >= 11 is 4.86. The van der Waals surface area contributed by atoms with Crippen LogP contribution in [0.4, 0.5) is 0 Å². The second-order valence-electron chi connectivity index (χ2n) is 3.89. The van der Waals surface area contributed by atoms with E-state index in [1.807, 2.05) is 6.92 Å². The van der Waals surface area contributed by atoms with Crippen LogP contribution in [0.5, 0.6) is 0 Å². The van der Waals surface area contributed by atoms with E-state index >= 15 is 0 Å². The fourth-order valence-corrected chi connectivity index (χ4v) is 1.52. The van der Waals surface area contributed by atoms with Crippen LogP contribution < -0.4 is 11.3 Å². The Balaban J connectivity index is 2.46. The van der Waals surface area contributed by atoms with Crippen molar-refractivity contribution in [3.63, 3.8) is 0 Å². The standard InChI is InChI=1S/C9H12N6OS/c1-5(7(10)17)4-15-9(16)6-3-11-14(2)8(6)12-13-15/h3,5H,4H2,1-2H3,(H2,10,17). The summed E-state index contributed by atoms with van der Waals surface area (Å²) in [6, 6.07) is 0. The molecule has 7 nitrogen and oxygen atoms in total. The van der Waals surface area contributed by atoms with Crippen molar-refractivity contribution >= 4 is 28.2 Å². The Hall–Kier alpha value is -1.83. The molecule has 8 heteroatoms. The van der Waals surface area contributed by atoms with Gasteiger partial charge in [0.25, 0.3) is 5.56 Å². The van der Waals surface area contributed by atoms with Gasteiger partial charge in [-0.1, -0.05) is 24.4 Å². The van der Waals surface area contributed by atoms with E-state index in [1.54, 1.807) is 7.05 Å². The summed E-state index contributed by atoms with van der Waals surface area (Å²) in [6.07, 6.45) is 1.48. The van der Waals surface area contributed by atoms with Crippen LogP contribution in [0.25, 0.3) is 11.0 Å². The fraction of sp³-hybridized carbons (Fsp3) is 0.444. The first-order chi connectivity index (χ1) is 8.00. The molecule has 17 heavy (non-hydrogen) atoms. The number of fused-ring (bicyclic) bond motifs is 1. The SMILES string of the molecule is CC(Cn1nnc2c(cnn2C)c1=O)C(N)=S. The van der Waals surface area contributed by atoms with Crippen LogP contribution in [0.15, 0.2) is 11.0 Å². The molecule has 2 rings (SSSR count). The van der Waals surface area contributed by atoms with E-state index in [0.29, 0.717) is 22.6 Å². The second kappa shape index (κ2) is 4.21. The van der Waals surface area contributed by atoms with Crippen LogP contribution >= 0.6 is 12.2 Å². The molecular weight excluding hydrogens is 240 g/mol. The summed E-state index contributed by atoms with van der Waals surface area (Å²) in [5, 5.41) is 12.2. The molecule has 0 aliphatic carbocycles. The third kappa shape index (κ3) is 2.03. The van der Waals surface area contributed by atoms with Crippen molar-refractivity contribution in [3.8, 4) is 0 Å². The fourth-order valence-electron chi connectivity index (χ4n) is 1.45. The molecule has 2 heterocycles. The van der Waals surface area contributed by atoms with E-state index in [1.165, 1.54) is 15.6 Å². The van der Waals surface area contributed by atoms with Crippen molar-refractivity contribution in [2.75, 3.05) is 0 Å². The first-order valence-electron chi connectivity index (χ1n) is 5.05. The van der Waals surface area contributed by atoms with Gasteiger partial charge < -0.3 is 5.73 Å². The molecule has 90 valence electrons. The number of rotatable bonds is 3. The molecule has 0 radical (unpaired) electrons. The molecular formula is C9H12N6OS. The Kier molecular flexibility index (Phi) is 2.88. The Morgan fingerprint density at radius 2 is 2.35 bits per heavy atom. The van der Waals surface area contributed by atoms with Crippen LogP contribution in [-0.4, -0.2) is 29.8 Å². The highest BCUT2D eigenvalue weighted by molar-refractivity contribution is 7.80. The molecule has 2 N–H and O–H groups in total. The minimum absolute atomic E-state index is 0.105. The predicted molar refractivity (Wildman–Crippen MR) is 66.5 cm³/mol. The lowest BCUT2D eigenvalue weighted by Crippen LogP contribution is -2.31. The van der Waals surface area contributed by atoms with Crippen LogP contribution in [0.2, 0.25) is 0 Å². The summed E-state index contributed by atoms with van der Waals surface area (Å²) in [7, 11) is 1.71. The van der Waals surface area contributed by atoms with Gasteiger partial charge in [-0.15, -0.1) is 5.10 Å². The van der Waals surface area contributed by atoms with Gasteiger partial charge in [-0.25, -0.2) is 9.36 Å². The van der Waals surface area contributed by atoms with Gasteiger partial charge in [0.15, 0.2) is 5.65 Å². The lowest BCUT2D eigenvalue weighted by atomic mass is 10.2. The third-order valence-electron chi connectivity index (χ3n) is 2.55. The maximum absolute atomic E-state index is 12.0. The maximum atomic E-state index is 12.0. The Bertz CT molecular complexity index is 630. The molecule has 1 unspecified atom stereocenters. The van der Waals surface area contributed by atoms with Crippen LogP contribution in [-0.2, 0) is 13.6 Å². The minimum atomic E-state index is -0.230. The molecule has 0 fully saturated rings. The topological polar surface area (TPSA) is 91.6 Å². The van der Waals surface area contributed by atoms with Gasteiger partial charge in [0, 0.05) is 13.0 Å². The highest BCUT2D eigenvalue weighted by Gasteiger charge is 2.12. The predicted octanol–water partition coefficient (Wildman–Crippen LogP) is -0.553. The number of nitrogens with two attached hydrogens (primary N) is 1. The largest absolute Gasteiger partial charge is 0.393 e. The average Bonchev–Trinajstić information content (AvgIpc) is 2.65. The molecule has 2 aromatic heterocycles. The molecule has 2 aromatic rings. The van der Waals surface area contributed by atoms with Crippen LogP contribution in [0.1, 0.15) is 6.92 Å². The van der Waals surface area contributed by atoms with E-state index in [2.05, 4.69) is 15.4 Å². The number of nitrogens with zero attached hydrogens (tertiary/aromatic N) is 5. The van der Waals surface area contributed by atoms with Crippen molar-refractivity contribution in [2.24, 2.45) is 18.7 Å². The Morgan fingerprint density at radius 3 is 3.00 bits per heavy atom. The molecule has 0 amide bonds. The zero-order valence-electron chi connectivity index (χ0n) is 9.49. The lowest BCUT2D eigenvalue weighted by molar-refractivity contribution is 0.495. The van der Waals surface area contributed by atoms with Crippen LogP contribution in [0, 0.1) is 5.92 Å². The number of thiocarbonyl (C=S) groups is 1. The number of aryl methyl sites for hydroxylation is 1. The second-order valence-corrected chi connectivity index (χ2v) is 4.36. The van der Waals surface area contributed by atoms with Gasteiger partial charge in [-0.3, -0.25) is 4.79 Å². The molecule has 1 atom stereocenters. The van der Waals surface area contributed by atoms with Gasteiger partial charge in [0.05, 0.1) is 17.7 Å². The summed E-state index contributed by atoms with van der Waals surface area (Å²) < 4.78 is 2.76. The maximum Gasteiger partial charge on any atom is 0.280 e. The first-order valence-corrected chi connectivity index (χ1v) is 5.46. The van der Waals surface area contributed by atoms with E-state index in [-0.39, 0.29) is 11.5 Å². The van der Waals surface area contributed by atoms with Crippen LogP contribution in [0.3, 0.4) is 0 Å². The van der Waals surface area contributed by atoms with Gasteiger partial charge in [0.1, 0.15) is 5.39 Å². The van der Waals surface area contributed by atoms with Gasteiger partial charge in [0.2, 0.25) is 0 Å². The van der Waals surface area contributed by atoms with Gasteiger partial charge in [-0.05, 0) is 0 Å². The number of hydrogen-bond donors (Lipinski definition) is 1. The monoisotopic (exact) mass is 252 g/mol. The molecule has 0 aliphatic rings. The van der Waals surface area contributed by atoms with Gasteiger partial charge in [-0.2, -0.15) is 5.10 Å². The van der Waals surface area contributed by atoms with Crippen molar-refractivity contribution in [1.82, 2.24) is 24.8 Å². The number of hydrogen-bond acceptors (Lipinski definition) is 5. The van der Waals surface area contributed by atoms with E-state index in [0.717, 1.165) is 0 Å². The molecule has 0 aliphatic heterocycles. The first kappa shape index (κ1) is 11.6. The zero-order chi connectivity index (χ0) is 12.6. The molecule has 0 bridgehead atoms. The summed E-state index contributed by atoms with van der Waals surface area (Å²) in [4.78, 5) is 12.4. The highest BCUT2D eigenvalue weighted by atomic mass is 32.1. The molecule has 0 saturated heterocycles.